The van der Waals surface area contributed by atoms with Gasteiger partial charge in [-0.25, -0.2) is 0 Å². The van der Waals surface area contributed by atoms with Crippen LogP contribution < -0.4 is 0 Å². The Bertz CT molecular complexity index is 311. The summed E-state index contributed by atoms with van der Waals surface area (Å²) in [7, 11) is 0. The number of nitrogens with zero attached hydrogens (tertiary/aromatic N) is 2. The van der Waals surface area contributed by atoms with Crippen molar-refractivity contribution in [3.05, 3.63) is 0 Å². The summed E-state index contributed by atoms with van der Waals surface area (Å²) < 4.78 is 4.87. The van der Waals surface area contributed by atoms with Crippen LogP contribution in [0, 0.1) is 5.92 Å². The monoisotopic (exact) mass is 298 g/mol. The second kappa shape index (κ2) is 8.71. The average molecular weight is 298 g/mol. The number of ether oxygens (including phenoxy) is 1. The molecule has 5 nitrogen and oxygen atoms in total. The molecule has 5 heteroatoms. The molecule has 1 N–H and O–H groups in total. The first-order valence-electron chi connectivity index (χ1n) is 8.45. The highest BCUT2D eigenvalue weighted by Crippen LogP contribution is 2.20. The van der Waals surface area contributed by atoms with E-state index in [9.17, 15) is 9.90 Å². The van der Waals surface area contributed by atoms with Crippen molar-refractivity contribution in [2.24, 2.45) is 5.92 Å². The van der Waals surface area contributed by atoms with E-state index in [1.54, 1.807) is 6.92 Å². The number of likely N-dealkylation sites (tertiary alicyclic amines) is 2. The molecule has 0 amide bonds. The van der Waals surface area contributed by atoms with Gasteiger partial charge in [0.05, 0.1) is 19.1 Å². The molecule has 2 heterocycles. The molecule has 0 saturated carbocycles. The van der Waals surface area contributed by atoms with Gasteiger partial charge in [0.1, 0.15) is 0 Å². The molecule has 0 aromatic heterocycles. The van der Waals surface area contributed by atoms with Crippen LogP contribution in [0.3, 0.4) is 0 Å². The first-order chi connectivity index (χ1) is 10.2. The van der Waals surface area contributed by atoms with Gasteiger partial charge in [0.25, 0.3) is 0 Å². The number of carbonyl (C=O) groups is 1. The van der Waals surface area contributed by atoms with Gasteiger partial charge in [0.2, 0.25) is 0 Å². The number of esters is 1. The summed E-state index contributed by atoms with van der Waals surface area (Å²) in [5.74, 6) is 0.510. The minimum absolute atomic E-state index is 0.113. The Labute approximate surface area is 128 Å². The van der Waals surface area contributed by atoms with Crippen molar-refractivity contribution in [1.29, 1.82) is 0 Å². The highest BCUT2D eigenvalue weighted by atomic mass is 16.5. The van der Waals surface area contributed by atoms with Gasteiger partial charge in [-0.1, -0.05) is 0 Å². The molecule has 0 aromatic rings. The normalized spacial score (nSPS) is 23.3. The lowest BCUT2D eigenvalue weighted by molar-refractivity contribution is -0.145. The maximum absolute atomic E-state index is 11.3. The van der Waals surface area contributed by atoms with Gasteiger partial charge < -0.3 is 19.6 Å². The van der Waals surface area contributed by atoms with Crippen LogP contribution in [0.5, 0.6) is 0 Å². The van der Waals surface area contributed by atoms with Gasteiger partial charge in [-0.3, -0.25) is 4.79 Å². The molecule has 0 radical (unpaired) electrons. The van der Waals surface area contributed by atoms with Crippen molar-refractivity contribution < 1.29 is 14.6 Å². The van der Waals surface area contributed by atoms with Crippen LogP contribution in [0.1, 0.15) is 39.0 Å². The maximum atomic E-state index is 11.3. The van der Waals surface area contributed by atoms with Crippen molar-refractivity contribution >= 4 is 5.97 Å². The minimum atomic E-state index is -0.598. The quantitative estimate of drug-likeness (QED) is 0.714. The molecule has 0 spiro atoms. The molecule has 1 unspecified atom stereocenters. The van der Waals surface area contributed by atoms with Crippen molar-refractivity contribution in [1.82, 2.24) is 9.80 Å². The van der Waals surface area contributed by atoms with E-state index >= 15 is 0 Å². The lowest BCUT2D eigenvalue weighted by atomic mass is 9.96. The second-order valence-corrected chi connectivity index (χ2v) is 6.41. The fourth-order valence-corrected chi connectivity index (χ4v) is 3.46. The summed E-state index contributed by atoms with van der Waals surface area (Å²) >= 11 is 0. The summed E-state index contributed by atoms with van der Waals surface area (Å²) in [6.07, 6.45) is 4.66. The van der Waals surface area contributed by atoms with Gasteiger partial charge in [0.15, 0.2) is 0 Å². The molecule has 21 heavy (non-hydrogen) atoms. The van der Waals surface area contributed by atoms with Crippen LogP contribution in [-0.2, 0) is 9.53 Å². The van der Waals surface area contributed by atoms with Crippen LogP contribution in [-0.4, -0.2) is 72.9 Å². The van der Waals surface area contributed by atoms with E-state index in [-0.39, 0.29) is 12.4 Å². The van der Waals surface area contributed by atoms with Gasteiger partial charge in [-0.15, -0.1) is 0 Å². The van der Waals surface area contributed by atoms with Crippen molar-refractivity contribution in [2.75, 3.05) is 45.9 Å². The molecule has 2 saturated heterocycles. The molecule has 2 aliphatic rings. The predicted octanol–water partition coefficient (Wildman–Crippen LogP) is 1.11. The lowest BCUT2D eigenvalue weighted by Gasteiger charge is -2.34. The third-order valence-corrected chi connectivity index (χ3v) is 4.60. The number of aliphatic hydroxyl groups is 1. The number of piperidine rings is 1. The van der Waals surface area contributed by atoms with Gasteiger partial charge in [-0.05, 0) is 64.7 Å². The smallest absolute Gasteiger partial charge is 0.308 e. The molecule has 122 valence electrons. The Kier molecular flexibility index (Phi) is 6.93. The Balaban J connectivity index is 1.60. The van der Waals surface area contributed by atoms with Crippen molar-refractivity contribution in [2.45, 2.75) is 45.1 Å². The minimum Gasteiger partial charge on any atom is -0.466 e. The third-order valence-electron chi connectivity index (χ3n) is 4.60. The summed E-state index contributed by atoms with van der Waals surface area (Å²) in [5, 5.41) is 9.94. The molecular weight excluding hydrogens is 268 g/mol. The summed E-state index contributed by atoms with van der Waals surface area (Å²) in [4.78, 5) is 16.2. The second-order valence-electron chi connectivity index (χ2n) is 6.41. The van der Waals surface area contributed by atoms with E-state index in [2.05, 4.69) is 9.80 Å². The lowest BCUT2D eigenvalue weighted by Crippen LogP contribution is -2.41. The molecule has 0 bridgehead atoms. The Hall–Kier alpha value is -0.650. The molecule has 2 aliphatic heterocycles. The number of rotatable bonds is 7. The van der Waals surface area contributed by atoms with E-state index in [0.717, 1.165) is 19.0 Å². The van der Waals surface area contributed by atoms with Crippen molar-refractivity contribution in [3.63, 3.8) is 0 Å². The molecule has 1 atom stereocenters. The summed E-state index contributed by atoms with van der Waals surface area (Å²) in [6.45, 7) is 8.64. The summed E-state index contributed by atoms with van der Waals surface area (Å²) in [6, 6.07) is 0. The van der Waals surface area contributed by atoms with Gasteiger partial charge >= 0.3 is 5.97 Å². The van der Waals surface area contributed by atoms with Crippen molar-refractivity contribution in [3.8, 4) is 0 Å². The van der Waals surface area contributed by atoms with Gasteiger partial charge in [-0.2, -0.15) is 0 Å². The van der Waals surface area contributed by atoms with Crippen LogP contribution in [0.15, 0.2) is 0 Å². The Morgan fingerprint density at radius 3 is 2.48 bits per heavy atom. The predicted molar refractivity (Wildman–Crippen MR) is 82.1 cm³/mol. The topological polar surface area (TPSA) is 53.0 Å². The standard InChI is InChI=1S/C16H30N2O3/c1-2-21-16(20)11-15(19)13-18-9-5-14(6-10-18)12-17-7-3-4-8-17/h14-15,19H,2-13H2,1H3. The fourth-order valence-electron chi connectivity index (χ4n) is 3.46. The number of β-amino-alcohol motifs (C(OH)–C–C–N with tert-alkyl or cyclic N) is 1. The Morgan fingerprint density at radius 2 is 1.86 bits per heavy atom. The average Bonchev–Trinajstić information content (AvgIpc) is 2.94. The fraction of sp³-hybridized carbons (Fsp3) is 0.938. The van der Waals surface area contributed by atoms with Crippen LogP contribution in [0.2, 0.25) is 0 Å². The van der Waals surface area contributed by atoms with E-state index in [1.807, 2.05) is 0 Å². The summed E-state index contributed by atoms with van der Waals surface area (Å²) in [5.41, 5.74) is 0. The molecular formula is C16H30N2O3. The molecule has 2 rings (SSSR count). The van der Waals surface area contributed by atoms with Crippen LogP contribution >= 0.6 is 0 Å². The van der Waals surface area contributed by atoms with E-state index in [4.69, 9.17) is 4.74 Å². The molecule has 0 aliphatic carbocycles. The highest BCUT2D eigenvalue weighted by molar-refractivity contribution is 5.69. The number of aliphatic hydroxyl groups excluding tert-OH is 1. The SMILES string of the molecule is CCOC(=O)CC(O)CN1CCC(CN2CCCC2)CC1. The van der Waals surface area contributed by atoms with Crippen LogP contribution in [0.4, 0.5) is 0 Å². The zero-order valence-electron chi connectivity index (χ0n) is 13.3. The molecule has 2 fully saturated rings. The third kappa shape index (κ3) is 5.93. The first kappa shape index (κ1) is 16.7. The highest BCUT2D eigenvalue weighted by Gasteiger charge is 2.24. The zero-order chi connectivity index (χ0) is 15.1. The number of hydrogen-bond donors (Lipinski definition) is 1. The van der Waals surface area contributed by atoms with E-state index < -0.39 is 6.10 Å². The van der Waals surface area contributed by atoms with E-state index in [0.29, 0.717) is 13.2 Å². The number of hydrogen-bond acceptors (Lipinski definition) is 5. The maximum Gasteiger partial charge on any atom is 0.308 e. The van der Waals surface area contributed by atoms with E-state index in [1.165, 1.54) is 45.3 Å². The van der Waals surface area contributed by atoms with Gasteiger partial charge in [0, 0.05) is 13.1 Å². The first-order valence-corrected chi connectivity index (χ1v) is 8.45. The Morgan fingerprint density at radius 1 is 1.19 bits per heavy atom. The largest absolute Gasteiger partial charge is 0.466 e. The zero-order valence-corrected chi connectivity index (χ0v) is 13.3. The molecule has 0 aromatic carbocycles. The van der Waals surface area contributed by atoms with Crippen LogP contribution in [0.25, 0.3) is 0 Å². The number of carbonyl (C=O) groups excluding carboxylic acids is 1.